The van der Waals surface area contributed by atoms with Crippen LogP contribution < -0.4 is 21.9 Å². The molecule has 0 radical (unpaired) electrons. The molecule has 23 heteroatoms. The minimum absolute atomic E-state index is 0. The molecule has 1 nitrogen and oxygen atoms in total. The van der Waals surface area contributed by atoms with Gasteiger partial charge in [-0.25, -0.2) is 112 Å². The Labute approximate surface area is 320 Å². The first-order chi connectivity index (χ1) is 26.6. The maximum absolute atomic E-state index is 15.4. The number of carbonyl (C=O) groups is 1. The molecule has 0 amide bonds. The van der Waals surface area contributed by atoms with Crippen molar-refractivity contribution in [1.29, 1.82) is 0 Å². The molecule has 0 atom stereocenters. The van der Waals surface area contributed by atoms with Crippen molar-refractivity contribution in [3.8, 4) is 0 Å². The second-order valence-electron chi connectivity index (χ2n) is 11.1. The van der Waals surface area contributed by atoms with Gasteiger partial charge in [0.2, 0.25) is 0 Å². The summed E-state index contributed by atoms with van der Waals surface area (Å²) in [7, 11) is 0. The van der Waals surface area contributed by atoms with Crippen molar-refractivity contribution >= 4 is 34.3 Å². The van der Waals surface area contributed by atoms with Crippen molar-refractivity contribution in [2.75, 3.05) is 0 Å². The first-order valence-corrected chi connectivity index (χ1v) is 14.7. The molecule has 0 heterocycles. The topological polar surface area (TPSA) is 17.1 Å². The van der Waals surface area contributed by atoms with Gasteiger partial charge in [-0.05, 0) is 0 Å². The summed E-state index contributed by atoms with van der Waals surface area (Å²) in [5.74, 6) is -71.4. The Morgan fingerprint density at radius 2 is 0.534 bits per heavy atom. The van der Waals surface area contributed by atoms with Crippen molar-refractivity contribution in [2.45, 2.75) is 0 Å². The maximum Gasteiger partial charge on any atom is 2.00 e. The molecule has 0 unspecified atom stereocenters. The minimum Gasteiger partial charge on any atom is -0.312 e. The van der Waals surface area contributed by atoms with Crippen LogP contribution in [0.1, 0.15) is 10.4 Å². The molecule has 0 aliphatic carbocycles. The predicted octanol–water partition coefficient (Wildman–Crippen LogP) is 8.47. The quantitative estimate of drug-likeness (QED) is 0.0425. The Hall–Kier alpha value is -5.57. The van der Waals surface area contributed by atoms with Gasteiger partial charge in [-0.1, -0.05) is 5.56 Å². The van der Waals surface area contributed by atoms with Gasteiger partial charge in [0.05, 0.1) is 6.29 Å². The van der Waals surface area contributed by atoms with E-state index in [1.807, 2.05) is 42.5 Å². The zero-order valence-corrected chi connectivity index (χ0v) is 28.3. The van der Waals surface area contributed by atoms with Crippen LogP contribution in [0.4, 0.5) is 87.8 Å². The number of benzene rings is 4. The molecule has 0 aliphatic heterocycles. The summed E-state index contributed by atoms with van der Waals surface area (Å²) in [4.78, 5) is 9.87. The van der Waals surface area contributed by atoms with E-state index in [1.54, 1.807) is 12.1 Å². The van der Waals surface area contributed by atoms with Crippen molar-refractivity contribution in [1.82, 2.24) is 0 Å². The number of aldehydes is 1. The summed E-state index contributed by atoms with van der Waals surface area (Å²) in [5.41, 5.74) is -13.6. The summed E-state index contributed by atoms with van der Waals surface area (Å²) < 4.78 is 294. The van der Waals surface area contributed by atoms with Crippen molar-refractivity contribution in [3.63, 3.8) is 0 Å². The monoisotopic (exact) mass is 893 g/mol. The van der Waals surface area contributed by atoms with E-state index in [2.05, 4.69) is 0 Å². The molecule has 0 saturated carbocycles. The number of hydrogen-bond donors (Lipinski definition) is 0. The minimum atomic E-state index is -7.22. The molecule has 0 saturated heterocycles. The zero-order chi connectivity index (χ0) is 43.0. The van der Waals surface area contributed by atoms with E-state index >= 15 is 35.1 Å². The Kier molecular flexibility index (Phi) is 14.5. The van der Waals surface area contributed by atoms with Crippen molar-refractivity contribution in [2.24, 2.45) is 0 Å². The molecule has 6 aromatic carbocycles. The van der Waals surface area contributed by atoms with Gasteiger partial charge in [-0.3, -0.25) is 0 Å². The Bertz CT molecular complexity index is 2090. The van der Waals surface area contributed by atoms with Crippen molar-refractivity contribution < 1.29 is 110 Å². The van der Waals surface area contributed by atoms with Crippen LogP contribution in [0.3, 0.4) is 0 Å². The number of carbonyl (C=O) groups excluding carboxylic acids is 1. The first kappa shape index (κ1) is 46.8. The molecule has 0 bridgehead atoms. The molecular formula is C35H10BF20FeO-. The summed E-state index contributed by atoms with van der Waals surface area (Å²) in [5, 5.41) is 0. The Morgan fingerprint density at radius 3 is 0.672 bits per heavy atom. The van der Waals surface area contributed by atoms with Gasteiger partial charge < -0.3 is 4.79 Å². The van der Waals surface area contributed by atoms with Gasteiger partial charge in [-0.2, -0.15) is 30.3 Å². The molecule has 0 fully saturated rings. The fourth-order valence-corrected chi connectivity index (χ4v) is 5.66. The van der Waals surface area contributed by atoms with Crippen LogP contribution in [0, 0.1) is 116 Å². The van der Waals surface area contributed by atoms with Gasteiger partial charge in [0.15, 0.2) is 69.8 Å². The van der Waals surface area contributed by atoms with Crippen LogP contribution in [0.25, 0.3) is 0 Å². The standard InChI is InChI=1S/C24BF20.C6H5O.C5H5.Fe/c26-5-1(6(27)14(35)21(42)13(5)34)25(2-7(28)15(36)22(43)16(37)8(2)29,3-9(30)17(38)23(44)18(39)10(3)31)4-11(32)19(40)24(45)20(41)12(4)33;7-5-6-3-1-2-4-6;1-2-4-5-3-1;/h;1-5H;1-5H;/q3*-1;+2. The van der Waals surface area contributed by atoms with Crippen LogP contribution in [0.15, 0.2) is 54.6 Å². The van der Waals surface area contributed by atoms with E-state index in [1.165, 1.54) is 0 Å². The summed E-state index contributed by atoms with van der Waals surface area (Å²) in [6.07, 6.45) is -6.38. The van der Waals surface area contributed by atoms with E-state index in [-0.39, 0.29) is 17.1 Å². The Balaban J connectivity index is 0.000000589. The molecule has 0 aliphatic rings. The second kappa shape index (κ2) is 17.9. The number of rotatable bonds is 5. The van der Waals surface area contributed by atoms with Gasteiger partial charge in [0.25, 0.3) is 0 Å². The molecular weight excluding hydrogens is 883 g/mol. The van der Waals surface area contributed by atoms with E-state index < -0.39 is 144 Å². The number of hydrogen-bond acceptors (Lipinski definition) is 1. The molecule has 308 valence electrons. The molecule has 0 N–H and O–H groups in total. The third kappa shape index (κ3) is 7.47. The third-order valence-electron chi connectivity index (χ3n) is 8.09. The van der Waals surface area contributed by atoms with Crippen LogP contribution >= 0.6 is 0 Å². The Morgan fingerprint density at radius 1 is 0.345 bits per heavy atom. The number of halogens is 20. The molecule has 58 heavy (non-hydrogen) atoms. The van der Waals surface area contributed by atoms with Crippen LogP contribution in [-0.2, 0) is 17.1 Å². The molecule has 0 spiro atoms. The molecule has 6 rings (SSSR count). The zero-order valence-electron chi connectivity index (χ0n) is 27.2. The van der Waals surface area contributed by atoms with Gasteiger partial charge in [0, 0.05) is 0 Å². The van der Waals surface area contributed by atoms with Gasteiger partial charge in [0.1, 0.15) is 52.7 Å². The summed E-state index contributed by atoms with van der Waals surface area (Å²) in [6, 6.07) is 17.2. The van der Waals surface area contributed by atoms with Crippen molar-refractivity contribution in [3.05, 3.63) is 177 Å². The maximum atomic E-state index is 15.4. The van der Waals surface area contributed by atoms with Gasteiger partial charge in [-0.15, -0.1) is 21.9 Å². The summed E-state index contributed by atoms with van der Waals surface area (Å²) in [6.45, 7) is 0. The SMILES string of the molecule is Fc1c(F)c(F)c([B-](c2c(F)c(F)c(F)c(F)c2F)(c2c(F)c(F)c(F)c(F)c2F)c2c(F)c(F)c(F)c(F)c2F)c(F)c1F.O=C[c-]1cccc1.[Fe+2].c1cc[cH-]c1. The van der Waals surface area contributed by atoms with E-state index in [0.29, 0.717) is 0 Å². The smallest absolute Gasteiger partial charge is 0.312 e. The summed E-state index contributed by atoms with van der Waals surface area (Å²) >= 11 is 0. The second-order valence-corrected chi connectivity index (χ2v) is 11.1. The van der Waals surface area contributed by atoms with E-state index in [4.69, 9.17) is 0 Å². The van der Waals surface area contributed by atoms with E-state index in [0.717, 1.165) is 11.8 Å². The first-order valence-electron chi connectivity index (χ1n) is 14.7. The van der Waals surface area contributed by atoms with E-state index in [9.17, 15) is 57.5 Å². The fourth-order valence-electron chi connectivity index (χ4n) is 5.66. The predicted molar refractivity (Wildman–Crippen MR) is 159 cm³/mol. The average Bonchev–Trinajstić information content (AvgIpc) is 3.96. The molecule has 0 aromatic heterocycles. The average molecular weight is 893 g/mol. The van der Waals surface area contributed by atoms with Crippen LogP contribution in [0.2, 0.25) is 0 Å². The van der Waals surface area contributed by atoms with Crippen LogP contribution in [0.5, 0.6) is 0 Å². The molecule has 6 aromatic rings. The third-order valence-corrected chi connectivity index (χ3v) is 8.09. The normalized spacial score (nSPS) is 11.0. The fraction of sp³-hybridized carbons (Fsp3) is 0. The van der Waals surface area contributed by atoms with Gasteiger partial charge >= 0.3 is 17.1 Å². The largest absolute Gasteiger partial charge is 2.00 e. The van der Waals surface area contributed by atoms with Crippen LogP contribution in [-0.4, -0.2) is 12.4 Å².